The van der Waals surface area contributed by atoms with E-state index in [0.29, 0.717) is 5.56 Å². The maximum absolute atomic E-state index is 12.3. The first kappa shape index (κ1) is 12.6. The Morgan fingerprint density at radius 2 is 2.06 bits per heavy atom. The normalized spacial score (nSPS) is 20.4. The zero-order chi connectivity index (χ0) is 12.3. The minimum absolute atomic E-state index is 0.0140. The minimum Gasteiger partial charge on any atom is -0.394 e. The molecule has 1 aromatic rings. The number of nitrogens with zero attached hydrogens (tertiary/aromatic N) is 1. The number of aliphatic hydroxyl groups is 1. The monoisotopic (exact) mass is 297 g/mol. The molecule has 1 aliphatic heterocycles. The lowest BCUT2D eigenvalue weighted by molar-refractivity contribution is 0.0503. The first-order chi connectivity index (χ1) is 8.22. The van der Waals surface area contributed by atoms with Gasteiger partial charge in [-0.15, -0.1) is 0 Å². The number of benzene rings is 1. The summed E-state index contributed by atoms with van der Waals surface area (Å²) in [7, 11) is 0. The van der Waals surface area contributed by atoms with Crippen LogP contribution >= 0.6 is 15.9 Å². The highest BCUT2D eigenvalue weighted by atomic mass is 79.9. The molecule has 4 heteroatoms. The highest BCUT2D eigenvalue weighted by Crippen LogP contribution is 2.20. The van der Waals surface area contributed by atoms with Crippen LogP contribution in [0.15, 0.2) is 28.7 Å². The molecule has 1 fully saturated rings. The van der Waals surface area contributed by atoms with Gasteiger partial charge >= 0.3 is 0 Å². The number of amides is 1. The molecule has 3 nitrogen and oxygen atoms in total. The van der Waals surface area contributed by atoms with Crippen LogP contribution < -0.4 is 0 Å². The Hall–Kier alpha value is -0.870. The summed E-state index contributed by atoms with van der Waals surface area (Å²) in [6, 6.07) is 7.35. The van der Waals surface area contributed by atoms with Gasteiger partial charge in [0.15, 0.2) is 0 Å². The fourth-order valence-electron chi connectivity index (χ4n) is 2.22. The van der Waals surface area contributed by atoms with Crippen LogP contribution in [0.25, 0.3) is 0 Å². The Kier molecular flexibility index (Phi) is 4.18. The third-order valence-electron chi connectivity index (χ3n) is 3.19. The Morgan fingerprint density at radius 3 is 2.71 bits per heavy atom. The molecule has 1 heterocycles. The molecule has 17 heavy (non-hydrogen) atoms. The van der Waals surface area contributed by atoms with Crippen LogP contribution in [0.2, 0.25) is 0 Å². The van der Waals surface area contributed by atoms with E-state index in [1.807, 2.05) is 24.3 Å². The average molecular weight is 298 g/mol. The van der Waals surface area contributed by atoms with Gasteiger partial charge in [0.05, 0.1) is 12.6 Å². The van der Waals surface area contributed by atoms with Crippen molar-refractivity contribution in [3.63, 3.8) is 0 Å². The van der Waals surface area contributed by atoms with E-state index in [-0.39, 0.29) is 18.6 Å². The van der Waals surface area contributed by atoms with E-state index in [1.165, 1.54) is 0 Å². The van der Waals surface area contributed by atoms with E-state index in [9.17, 15) is 9.90 Å². The maximum atomic E-state index is 12.3. The topological polar surface area (TPSA) is 40.5 Å². The molecule has 0 aliphatic carbocycles. The van der Waals surface area contributed by atoms with Crippen molar-refractivity contribution < 1.29 is 9.90 Å². The molecular weight excluding hydrogens is 282 g/mol. The lowest BCUT2D eigenvalue weighted by Gasteiger charge is -2.34. The number of piperidine rings is 1. The number of carbonyl (C=O) groups is 1. The van der Waals surface area contributed by atoms with E-state index in [4.69, 9.17) is 0 Å². The summed E-state index contributed by atoms with van der Waals surface area (Å²) < 4.78 is 0.964. The molecule has 2 rings (SSSR count). The second-order valence-corrected chi connectivity index (χ2v) is 5.25. The SMILES string of the molecule is O=C(c1ccc(Br)cc1)N1CCCC[C@@H]1CO. The Bertz CT molecular complexity index is 391. The molecule has 0 saturated carbocycles. The molecule has 92 valence electrons. The number of hydrogen-bond acceptors (Lipinski definition) is 2. The van der Waals surface area contributed by atoms with Gasteiger partial charge in [-0.25, -0.2) is 0 Å². The lowest BCUT2D eigenvalue weighted by Crippen LogP contribution is -2.45. The van der Waals surface area contributed by atoms with Crippen LogP contribution in [-0.4, -0.2) is 35.1 Å². The van der Waals surface area contributed by atoms with Crippen molar-refractivity contribution in [2.45, 2.75) is 25.3 Å². The summed E-state index contributed by atoms with van der Waals surface area (Å²) in [5.41, 5.74) is 0.688. The summed E-state index contributed by atoms with van der Waals surface area (Å²) in [6.07, 6.45) is 3.02. The van der Waals surface area contributed by atoms with Gasteiger partial charge in [-0.1, -0.05) is 15.9 Å². The molecule has 1 aromatic carbocycles. The quantitative estimate of drug-likeness (QED) is 0.911. The largest absolute Gasteiger partial charge is 0.394 e. The van der Waals surface area contributed by atoms with Crippen molar-refractivity contribution in [2.75, 3.05) is 13.2 Å². The Labute approximate surface area is 110 Å². The summed E-state index contributed by atoms with van der Waals surface area (Å²) >= 11 is 3.35. The van der Waals surface area contributed by atoms with Crippen LogP contribution in [0, 0.1) is 0 Å². The van der Waals surface area contributed by atoms with Crippen LogP contribution in [0.4, 0.5) is 0 Å². The molecule has 0 unspecified atom stereocenters. The van der Waals surface area contributed by atoms with Gasteiger partial charge in [0.1, 0.15) is 0 Å². The zero-order valence-corrected chi connectivity index (χ0v) is 11.2. The third kappa shape index (κ3) is 2.87. The number of rotatable bonds is 2. The molecule has 0 bridgehead atoms. The predicted octanol–water partition coefficient (Wildman–Crippen LogP) is 2.44. The zero-order valence-electron chi connectivity index (χ0n) is 9.60. The molecule has 1 N–H and O–H groups in total. The van der Waals surface area contributed by atoms with E-state index in [1.54, 1.807) is 4.90 Å². The molecule has 0 radical (unpaired) electrons. The van der Waals surface area contributed by atoms with Crippen molar-refractivity contribution in [2.24, 2.45) is 0 Å². The number of hydrogen-bond donors (Lipinski definition) is 1. The van der Waals surface area contributed by atoms with Gasteiger partial charge < -0.3 is 10.0 Å². The first-order valence-corrected chi connectivity index (χ1v) is 6.69. The minimum atomic E-state index is -0.0140. The van der Waals surface area contributed by atoms with Crippen LogP contribution in [-0.2, 0) is 0 Å². The van der Waals surface area contributed by atoms with E-state index < -0.39 is 0 Å². The Morgan fingerprint density at radius 1 is 1.35 bits per heavy atom. The van der Waals surface area contributed by atoms with Gasteiger partial charge in [0.2, 0.25) is 0 Å². The molecule has 1 aliphatic rings. The molecule has 0 aromatic heterocycles. The third-order valence-corrected chi connectivity index (χ3v) is 3.72. The summed E-state index contributed by atoms with van der Waals surface area (Å²) in [5, 5.41) is 9.30. The summed E-state index contributed by atoms with van der Waals surface area (Å²) in [6.45, 7) is 0.808. The van der Waals surface area contributed by atoms with Crippen molar-refractivity contribution in [1.29, 1.82) is 0 Å². The van der Waals surface area contributed by atoms with Gasteiger partial charge in [-0.05, 0) is 43.5 Å². The number of carbonyl (C=O) groups excluding carboxylic acids is 1. The van der Waals surface area contributed by atoms with Crippen LogP contribution in [0.3, 0.4) is 0 Å². The van der Waals surface area contributed by atoms with E-state index in [0.717, 1.165) is 30.3 Å². The van der Waals surface area contributed by atoms with Crippen molar-refractivity contribution in [1.82, 2.24) is 4.90 Å². The van der Waals surface area contributed by atoms with Crippen LogP contribution in [0.1, 0.15) is 29.6 Å². The summed E-state index contributed by atoms with van der Waals surface area (Å²) in [4.78, 5) is 14.1. The second kappa shape index (κ2) is 5.65. The van der Waals surface area contributed by atoms with E-state index >= 15 is 0 Å². The smallest absolute Gasteiger partial charge is 0.254 e. The van der Waals surface area contributed by atoms with E-state index in [2.05, 4.69) is 15.9 Å². The number of likely N-dealkylation sites (tertiary alicyclic amines) is 1. The highest BCUT2D eigenvalue weighted by molar-refractivity contribution is 9.10. The molecule has 1 atom stereocenters. The Balaban J connectivity index is 2.15. The van der Waals surface area contributed by atoms with Crippen molar-refractivity contribution >= 4 is 21.8 Å². The first-order valence-electron chi connectivity index (χ1n) is 5.90. The second-order valence-electron chi connectivity index (χ2n) is 4.34. The average Bonchev–Trinajstić information content (AvgIpc) is 2.39. The molecule has 1 amide bonds. The van der Waals surface area contributed by atoms with Crippen molar-refractivity contribution in [3.8, 4) is 0 Å². The van der Waals surface area contributed by atoms with Crippen LogP contribution in [0.5, 0.6) is 0 Å². The lowest BCUT2D eigenvalue weighted by atomic mass is 10.0. The molecule has 1 saturated heterocycles. The van der Waals surface area contributed by atoms with Gasteiger partial charge in [0.25, 0.3) is 5.91 Å². The van der Waals surface area contributed by atoms with Gasteiger partial charge in [0, 0.05) is 16.6 Å². The predicted molar refractivity (Wildman–Crippen MR) is 69.9 cm³/mol. The number of halogens is 1. The number of aliphatic hydroxyl groups excluding tert-OH is 1. The molecule has 0 spiro atoms. The van der Waals surface area contributed by atoms with Crippen molar-refractivity contribution in [3.05, 3.63) is 34.3 Å². The fourth-order valence-corrected chi connectivity index (χ4v) is 2.48. The van der Waals surface area contributed by atoms with Gasteiger partial charge in [-0.3, -0.25) is 4.79 Å². The van der Waals surface area contributed by atoms with Gasteiger partial charge in [-0.2, -0.15) is 0 Å². The highest BCUT2D eigenvalue weighted by Gasteiger charge is 2.26. The maximum Gasteiger partial charge on any atom is 0.254 e. The summed E-state index contributed by atoms with van der Waals surface area (Å²) in [5.74, 6) is 0.0243. The standard InChI is InChI=1S/C13H16BrNO2/c14-11-6-4-10(5-7-11)13(17)15-8-2-1-3-12(15)9-16/h4-7,12,16H,1-3,8-9H2/t12-/m1/s1. The fraction of sp³-hybridized carbons (Fsp3) is 0.462. The molecular formula is C13H16BrNO2.